The van der Waals surface area contributed by atoms with E-state index in [-0.39, 0.29) is 11.8 Å². The number of pyridine rings is 1. The van der Waals surface area contributed by atoms with Gasteiger partial charge < -0.3 is 15.4 Å². The molecule has 120 valence electrons. The highest BCUT2D eigenvalue weighted by molar-refractivity contribution is 6.30. The number of amides is 1. The van der Waals surface area contributed by atoms with E-state index in [1.165, 1.54) is 0 Å². The van der Waals surface area contributed by atoms with Gasteiger partial charge in [0.2, 0.25) is 5.91 Å². The van der Waals surface area contributed by atoms with Crippen LogP contribution in [0.15, 0.2) is 30.6 Å². The molecule has 5 nitrogen and oxygen atoms in total. The van der Waals surface area contributed by atoms with E-state index in [4.69, 9.17) is 16.3 Å². The third kappa shape index (κ3) is 3.10. The first-order chi connectivity index (χ1) is 11.1. The fourth-order valence-corrected chi connectivity index (χ4v) is 2.94. The first kappa shape index (κ1) is 15.6. The summed E-state index contributed by atoms with van der Waals surface area (Å²) in [6, 6.07) is 5.38. The second-order valence-corrected chi connectivity index (χ2v) is 5.91. The van der Waals surface area contributed by atoms with Crippen LogP contribution in [0.3, 0.4) is 0 Å². The van der Waals surface area contributed by atoms with E-state index in [9.17, 15) is 4.79 Å². The van der Waals surface area contributed by atoms with E-state index >= 15 is 0 Å². The van der Waals surface area contributed by atoms with E-state index in [2.05, 4.69) is 15.6 Å². The molecule has 1 aromatic carbocycles. The summed E-state index contributed by atoms with van der Waals surface area (Å²) in [4.78, 5) is 16.9. The van der Waals surface area contributed by atoms with Gasteiger partial charge in [0.1, 0.15) is 5.75 Å². The van der Waals surface area contributed by atoms with Crippen LogP contribution >= 0.6 is 11.6 Å². The lowest BCUT2D eigenvalue weighted by atomic mass is 9.92. The lowest BCUT2D eigenvalue weighted by Crippen LogP contribution is -2.26. The molecule has 0 aliphatic carbocycles. The van der Waals surface area contributed by atoms with Gasteiger partial charge in [0.25, 0.3) is 0 Å². The van der Waals surface area contributed by atoms with Gasteiger partial charge in [-0.05, 0) is 37.1 Å². The maximum absolute atomic E-state index is 12.7. The largest absolute Gasteiger partial charge is 0.493 e. The standard InChI is InChI=1S/C17H18ClN3O2/c1-10-14(19-2)8-20-9-15(10)21-17(22)12-5-6-23-16-4-3-11(18)7-13(12)16/h3-4,7-9,12,19H,5-6H2,1-2H3,(H,21,22). The third-order valence-corrected chi connectivity index (χ3v) is 4.31. The summed E-state index contributed by atoms with van der Waals surface area (Å²) in [7, 11) is 1.83. The molecule has 1 aromatic heterocycles. The molecule has 23 heavy (non-hydrogen) atoms. The van der Waals surface area contributed by atoms with Gasteiger partial charge in [-0.15, -0.1) is 0 Å². The molecular formula is C17H18ClN3O2. The third-order valence-electron chi connectivity index (χ3n) is 4.07. The normalized spacial score (nSPS) is 16.2. The van der Waals surface area contributed by atoms with Crippen LogP contribution in [0, 0.1) is 6.92 Å². The molecular weight excluding hydrogens is 314 g/mol. The number of halogens is 1. The molecule has 3 rings (SSSR count). The van der Waals surface area contributed by atoms with E-state index in [0.29, 0.717) is 23.7 Å². The van der Waals surface area contributed by atoms with Crippen LogP contribution in [0.4, 0.5) is 11.4 Å². The topological polar surface area (TPSA) is 63.2 Å². The minimum atomic E-state index is -0.282. The Morgan fingerprint density at radius 3 is 2.91 bits per heavy atom. The number of nitrogens with one attached hydrogen (secondary N) is 2. The number of carbonyl (C=O) groups is 1. The lowest BCUT2D eigenvalue weighted by Gasteiger charge is -2.25. The van der Waals surface area contributed by atoms with Crippen molar-refractivity contribution < 1.29 is 9.53 Å². The molecule has 0 bridgehead atoms. The summed E-state index contributed by atoms with van der Waals surface area (Å²) in [5.41, 5.74) is 3.38. The smallest absolute Gasteiger partial charge is 0.232 e. The zero-order valence-corrected chi connectivity index (χ0v) is 13.8. The number of fused-ring (bicyclic) bond motifs is 1. The Hall–Kier alpha value is -2.27. The molecule has 0 radical (unpaired) electrons. The molecule has 1 amide bonds. The predicted octanol–water partition coefficient (Wildman–Crippen LogP) is 3.59. The molecule has 1 aliphatic rings. The van der Waals surface area contributed by atoms with Crippen molar-refractivity contribution in [3.05, 3.63) is 46.7 Å². The Balaban J connectivity index is 1.87. The van der Waals surface area contributed by atoms with Crippen molar-refractivity contribution in [2.45, 2.75) is 19.3 Å². The van der Waals surface area contributed by atoms with Crippen molar-refractivity contribution in [3.8, 4) is 5.75 Å². The first-order valence-electron chi connectivity index (χ1n) is 7.45. The Kier molecular flexibility index (Phi) is 4.39. The summed E-state index contributed by atoms with van der Waals surface area (Å²) < 4.78 is 5.61. The molecule has 1 aliphatic heterocycles. The molecule has 0 saturated carbocycles. The predicted molar refractivity (Wildman–Crippen MR) is 91.5 cm³/mol. The summed E-state index contributed by atoms with van der Waals surface area (Å²) in [6.45, 7) is 2.46. The second-order valence-electron chi connectivity index (χ2n) is 5.47. The minimum absolute atomic E-state index is 0.0741. The maximum atomic E-state index is 12.7. The number of rotatable bonds is 3. The first-order valence-corrected chi connectivity index (χ1v) is 7.83. The number of hydrogen-bond acceptors (Lipinski definition) is 4. The van der Waals surface area contributed by atoms with Crippen molar-refractivity contribution in [2.24, 2.45) is 0 Å². The number of hydrogen-bond donors (Lipinski definition) is 2. The number of aromatic nitrogens is 1. The van der Waals surface area contributed by atoms with Crippen LogP contribution in [0.1, 0.15) is 23.5 Å². The van der Waals surface area contributed by atoms with Crippen LogP contribution < -0.4 is 15.4 Å². The number of nitrogens with zero attached hydrogens (tertiary/aromatic N) is 1. The van der Waals surface area contributed by atoms with Gasteiger partial charge in [0.15, 0.2) is 0 Å². The number of ether oxygens (including phenoxy) is 1. The quantitative estimate of drug-likeness (QED) is 0.902. The molecule has 0 spiro atoms. The molecule has 2 N–H and O–H groups in total. The monoisotopic (exact) mass is 331 g/mol. The average molecular weight is 332 g/mol. The molecule has 1 atom stereocenters. The zero-order valence-electron chi connectivity index (χ0n) is 13.0. The van der Waals surface area contributed by atoms with Crippen LogP contribution in [0.2, 0.25) is 5.02 Å². The fourth-order valence-electron chi connectivity index (χ4n) is 2.76. The Morgan fingerprint density at radius 1 is 1.35 bits per heavy atom. The van der Waals surface area contributed by atoms with Gasteiger partial charge >= 0.3 is 0 Å². The molecule has 6 heteroatoms. The van der Waals surface area contributed by atoms with Gasteiger partial charge in [0.05, 0.1) is 36.3 Å². The molecule has 2 aromatic rings. The molecule has 0 saturated heterocycles. The Labute approximate surface area is 140 Å². The fraction of sp³-hybridized carbons (Fsp3) is 0.294. The van der Waals surface area contributed by atoms with Crippen LogP contribution in [0.25, 0.3) is 0 Å². The number of benzene rings is 1. The minimum Gasteiger partial charge on any atom is -0.493 e. The lowest BCUT2D eigenvalue weighted by molar-refractivity contribution is -0.118. The maximum Gasteiger partial charge on any atom is 0.232 e. The van der Waals surface area contributed by atoms with Gasteiger partial charge in [-0.25, -0.2) is 0 Å². The highest BCUT2D eigenvalue weighted by Crippen LogP contribution is 2.36. The second kappa shape index (κ2) is 6.46. The van der Waals surface area contributed by atoms with E-state index in [0.717, 1.165) is 22.6 Å². The molecule has 2 heterocycles. The van der Waals surface area contributed by atoms with Crippen molar-refractivity contribution in [1.82, 2.24) is 4.98 Å². The van der Waals surface area contributed by atoms with Gasteiger partial charge in [-0.2, -0.15) is 0 Å². The summed E-state index contributed by atoms with van der Waals surface area (Å²) in [6.07, 6.45) is 4.01. The summed E-state index contributed by atoms with van der Waals surface area (Å²) in [5, 5.41) is 6.63. The number of carbonyl (C=O) groups excluding carboxylic acids is 1. The van der Waals surface area contributed by atoms with Crippen molar-refractivity contribution >= 4 is 28.9 Å². The SMILES string of the molecule is CNc1cncc(NC(=O)C2CCOc3ccc(Cl)cc32)c1C. The highest BCUT2D eigenvalue weighted by Gasteiger charge is 2.28. The van der Waals surface area contributed by atoms with Crippen LogP contribution in [0.5, 0.6) is 5.75 Å². The summed E-state index contributed by atoms with van der Waals surface area (Å²) >= 11 is 6.07. The van der Waals surface area contributed by atoms with Crippen LogP contribution in [-0.4, -0.2) is 24.5 Å². The highest BCUT2D eigenvalue weighted by atomic mass is 35.5. The van der Waals surface area contributed by atoms with Crippen molar-refractivity contribution in [2.75, 3.05) is 24.3 Å². The Morgan fingerprint density at radius 2 is 2.13 bits per heavy atom. The van der Waals surface area contributed by atoms with Crippen molar-refractivity contribution in [3.63, 3.8) is 0 Å². The van der Waals surface area contributed by atoms with Gasteiger partial charge in [-0.1, -0.05) is 11.6 Å². The average Bonchev–Trinajstić information content (AvgIpc) is 2.56. The number of anilines is 2. The zero-order chi connectivity index (χ0) is 16.4. The Bertz CT molecular complexity index is 749. The molecule has 1 unspecified atom stereocenters. The van der Waals surface area contributed by atoms with E-state index in [1.807, 2.05) is 20.0 Å². The summed E-state index contributed by atoms with van der Waals surface area (Å²) in [5.74, 6) is 0.365. The van der Waals surface area contributed by atoms with Crippen molar-refractivity contribution in [1.29, 1.82) is 0 Å². The van der Waals surface area contributed by atoms with E-state index < -0.39 is 0 Å². The van der Waals surface area contributed by atoms with Crippen LogP contribution in [-0.2, 0) is 4.79 Å². The van der Waals surface area contributed by atoms with Gasteiger partial charge in [0, 0.05) is 17.6 Å². The molecule has 0 fully saturated rings. The van der Waals surface area contributed by atoms with E-state index in [1.54, 1.807) is 24.5 Å². The van der Waals surface area contributed by atoms with Gasteiger partial charge in [-0.3, -0.25) is 9.78 Å².